The third-order valence-corrected chi connectivity index (χ3v) is 4.13. The summed E-state index contributed by atoms with van der Waals surface area (Å²) < 4.78 is 0. The number of hydrogen-bond donors (Lipinski definition) is 1. The first kappa shape index (κ1) is 15.1. The van der Waals surface area contributed by atoms with Crippen LogP contribution in [-0.2, 0) is 0 Å². The van der Waals surface area contributed by atoms with Crippen LogP contribution in [0.3, 0.4) is 0 Å². The summed E-state index contributed by atoms with van der Waals surface area (Å²) in [4.78, 5) is 7.28. The van der Waals surface area contributed by atoms with Gasteiger partial charge in [0.15, 0.2) is 0 Å². The fourth-order valence-corrected chi connectivity index (χ4v) is 3.05. The standard InChI is InChI=1S/C17H29N3/c1-12-10-13(2)14(3)20(11-12)16-9-7-8-15(18-16)19-17(4,5)6/h7-9,12-14H,10-11H2,1-6H3,(H,18,19). The lowest BCUT2D eigenvalue weighted by atomic mass is 9.86. The third kappa shape index (κ3) is 3.65. The van der Waals surface area contributed by atoms with Gasteiger partial charge in [0.2, 0.25) is 0 Å². The lowest BCUT2D eigenvalue weighted by molar-refractivity contribution is 0.295. The molecule has 1 aromatic heterocycles. The maximum Gasteiger partial charge on any atom is 0.131 e. The van der Waals surface area contributed by atoms with E-state index in [0.29, 0.717) is 6.04 Å². The van der Waals surface area contributed by atoms with Crippen molar-refractivity contribution in [2.75, 3.05) is 16.8 Å². The van der Waals surface area contributed by atoms with Crippen LogP contribution in [0, 0.1) is 11.8 Å². The second-order valence-corrected chi connectivity index (χ2v) is 7.47. The Balaban J connectivity index is 2.21. The second kappa shape index (κ2) is 5.63. The van der Waals surface area contributed by atoms with E-state index in [0.717, 1.165) is 30.0 Å². The Hall–Kier alpha value is -1.25. The van der Waals surface area contributed by atoms with Crippen LogP contribution in [-0.4, -0.2) is 23.1 Å². The maximum absolute atomic E-state index is 4.82. The van der Waals surface area contributed by atoms with Crippen molar-refractivity contribution in [1.82, 2.24) is 4.98 Å². The van der Waals surface area contributed by atoms with Gasteiger partial charge >= 0.3 is 0 Å². The minimum absolute atomic E-state index is 0.0414. The number of nitrogens with zero attached hydrogens (tertiary/aromatic N) is 2. The van der Waals surface area contributed by atoms with Crippen molar-refractivity contribution in [3.05, 3.63) is 18.2 Å². The molecule has 2 rings (SSSR count). The van der Waals surface area contributed by atoms with E-state index >= 15 is 0 Å². The first-order valence-corrected chi connectivity index (χ1v) is 7.78. The summed E-state index contributed by atoms with van der Waals surface area (Å²) in [5.41, 5.74) is 0.0414. The number of nitrogens with one attached hydrogen (secondary N) is 1. The summed E-state index contributed by atoms with van der Waals surface area (Å²) in [6, 6.07) is 6.85. The fraction of sp³-hybridized carbons (Fsp3) is 0.706. The van der Waals surface area contributed by atoms with Crippen LogP contribution < -0.4 is 10.2 Å². The summed E-state index contributed by atoms with van der Waals surface area (Å²) in [6.45, 7) is 14.6. The number of rotatable bonds is 2. The van der Waals surface area contributed by atoms with Crippen molar-refractivity contribution >= 4 is 11.6 Å². The molecule has 0 aromatic carbocycles. The average Bonchev–Trinajstić information content (AvgIpc) is 2.32. The first-order valence-electron chi connectivity index (χ1n) is 7.78. The fourth-order valence-electron chi connectivity index (χ4n) is 3.05. The van der Waals surface area contributed by atoms with Gasteiger partial charge in [0.05, 0.1) is 0 Å². The molecule has 0 bridgehead atoms. The van der Waals surface area contributed by atoms with E-state index < -0.39 is 0 Å². The highest BCUT2D eigenvalue weighted by Gasteiger charge is 2.29. The third-order valence-electron chi connectivity index (χ3n) is 4.13. The zero-order valence-corrected chi connectivity index (χ0v) is 13.8. The molecule has 1 saturated heterocycles. The largest absolute Gasteiger partial charge is 0.365 e. The molecule has 112 valence electrons. The summed E-state index contributed by atoms with van der Waals surface area (Å²) >= 11 is 0. The second-order valence-electron chi connectivity index (χ2n) is 7.47. The highest BCUT2D eigenvalue weighted by molar-refractivity contribution is 5.49. The van der Waals surface area contributed by atoms with Gasteiger partial charge in [0.25, 0.3) is 0 Å². The predicted molar refractivity (Wildman–Crippen MR) is 87.4 cm³/mol. The summed E-state index contributed by atoms with van der Waals surface area (Å²) in [5, 5.41) is 3.46. The minimum Gasteiger partial charge on any atom is -0.365 e. The zero-order valence-electron chi connectivity index (χ0n) is 13.8. The Morgan fingerprint density at radius 2 is 1.90 bits per heavy atom. The van der Waals surface area contributed by atoms with Gasteiger partial charge in [-0.15, -0.1) is 0 Å². The van der Waals surface area contributed by atoms with E-state index in [4.69, 9.17) is 4.98 Å². The van der Waals surface area contributed by atoms with E-state index in [1.807, 2.05) is 0 Å². The molecule has 1 N–H and O–H groups in total. The van der Waals surface area contributed by atoms with Gasteiger partial charge in [-0.05, 0) is 58.1 Å². The molecule has 2 heterocycles. The Labute approximate surface area is 123 Å². The Morgan fingerprint density at radius 3 is 2.55 bits per heavy atom. The molecule has 0 amide bonds. The molecule has 1 fully saturated rings. The van der Waals surface area contributed by atoms with Gasteiger partial charge < -0.3 is 10.2 Å². The molecule has 3 nitrogen and oxygen atoms in total. The molecule has 1 aliphatic heterocycles. The van der Waals surface area contributed by atoms with E-state index in [1.165, 1.54) is 6.42 Å². The smallest absolute Gasteiger partial charge is 0.131 e. The van der Waals surface area contributed by atoms with Crippen molar-refractivity contribution in [2.24, 2.45) is 11.8 Å². The minimum atomic E-state index is 0.0414. The summed E-state index contributed by atoms with van der Waals surface area (Å²) in [7, 11) is 0. The van der Waals surface area contributed by atoms with Gasteiger partial charge in [-0.1, -0.05) is 19.9 Å². The predicted octanol–water partition coefficient (Wildman–Crippen LogP) is 4.16. The van der Waals surface area contributed by atoms with E-state index in [9.17, 15) is 0 Å². The van der Waals surface area contributed by atoms with Crippen LogP contribution in [0.2, 0.25) is 0 Å². The lowest BCUT2D eigenvalue weighted by Crippen LogP contribution is -2.46. The van der Waals surface area contributed by atoms with Gasteiger partial charge in [-0.25, -0.2) is 4.98 Å². The lowest BCUT2D eigenvalue weighted by Gasteiger charge is -2.42. The number of hydrogen-bond acceptors (Lipinski definition) is 3. The molecule has 1 aromatic rings. The van der Waals surface area contributed by atoms with Gasteiger partial charge in [-0.3, -0.25) is 0 Å². The highest BCUT2D eigenvalue weighted by Crippen LogP contribution is 2.30. The van der Waals surface area contributed by atoms with E-state index in [1.54, 1.807) is 0 Å². The van der Waals surface area contributed by atoms with Crippen LogP contribution >= 0.6 is 0 Å². The molecular formula is C17H29N3. The van der Waals surface area contributed by atoms with Crippen molar-refractivity contribution in [1.29, 1.82) is 0 Å². The monoisotopic (exact) mass is 275 g/mol. The van der Waals surface area contributed by atoms with Crippen molar-refractivity contribution in [2.45, 2.75) is 59.5 Å². The molecule has 0 aliphatic carbocycles. The van der Waals surface area contributed by atoms with Crippen molar-refractivity contribution in [3.63, 3.8) is 0 Å². The molecule has 3 atom stereocenters. The SMILES string of the molecule is CC1CC(C)C(C)N(c2cccc(NC(C)(C)C)n2)C1. The summed E-state index contributed by atoms with van der Waals surface area (Å²) in [6.07, 6.45) is 1.32. The number of pyridine rings is 1. The Morgan fingerprint density at radius 1 is 1.20 bits per heavy atom. The van der Waals surface area contributed by atoms with Crippen LogP contribution in [0.25, 0.3) is 0 Å². The number of piperidine rings is 1. The first-order chi connectivity index (χ1) is 9.26. The molecule has 1 aliphatic rings. The van der Waals surface area contributed by atoms with Gasteiger partial charge in [0.1, 0.15) is 11.6 Å². The Bertz CT molecular complexity index is 450. The quantitative estimate of drug-likeness (QED) is 0.878. The molecule has 0 saturated carbocycles. The molecule has 20 heavy (non-hydrogen) atoms. The number of aromatic nitrogens is 1. The van der Waals surface area contributed by atoms with Crippen molar-refractivity contribution < 1.29 is 0 Å². The van der Waals surface area contributed by atoms with Crippen molar-refractivity contribution in [3.8, 4) is 0 Å². The van der Waals surface area contributed by atoms with E-state index in [2.05, 4.69) is 70.0 Å². The van der Waals surface area contributed by atoms with Crippen LogP contribution in [0.1, 0.15) is 48.0 Å². The van der Waals surface area contributed by atoms with Gasteiger partial charge in [0, 0.05) is 18.1 Å². The summed E-state index contributed by atoms with van der Waals surface area (Å²) in [5.74, 6) is 3.53. The van der Waals surface area contributed by atoms with Crippen LogP contribution in [0.5, 0.6) is 0 Å². The molecule has 3 heteroatoms. The molecule has 3 unspecified atom stereocenters. The number of anilines is 2. The normalized spacial score (nSPS) is 27.5. The highest BCUT2D eigenvalue weighted by atomic mass is 15.2. The molecule has 0 radical (unpaired) electrons. The van der Waals surface area contributed by atoms with Gasteiger partial charge in [-0.2, -0.15) is 0 Å². The maximum atomic E-state index is 4.82. The molecular weight excluding hydrogens is 246 g/mol. The Kier molecular flexibility index (Phi) is 4.26. The average molecular weight is 275 g/mol. The van der Waals surface area contributed by atoms with Crippen LogP contribution in [0.4, 0.5) is 11.6 Å². The zero-order chi connectivity index (χ0) is 14.9. The van der Waals surface area contributed by atoms with Crippen LogP contribution in [0.15, 0.2) is 18.2 Å². The topological polar surface area (TPSA) is 28.2 Å². The molecule has 0 spiro atoms. The van der Waals surface area contributed by atoms with E-state index in [-0.39, 0.29) is 5.54 Å².